The second kappa shape index (κ2) is 16.4. The number of aromatic nitrogens is 1. The number of likely N-dealkylation sites (N-methyl/N-ethyl adjacent to an activating group) is 2. The van der Waals surface area contributed by atoms with E-state index in [2.05, 4.69) is 76.7 Å². The maximum atomic E-state index is 12.4. The van der Waals surface area contributed by atoms with Gasteiger partial charge in [0, 0.05) is 37.3 Å². The quantitative estimate of drug-likeness (QED) is 0.149. The summed E-state index contributed by atoms with van der Waals surface area (Å²) < 4.78 is 38.1. The van der Waals surface area contributed by atoms with Crippen LogP contribution in [-0.4, -0.2) is 82.4 Å². The molecule has 4 aliphatic rings. The predicted octanol–water partition coefficient (Wildman–Crippen LogP) is 7.81. The van der Waals surface area contributed by atoms with E-state index >= 15 is 0 Å². The maximum absolute atomic E-state index is 12.4. The van der Waals surface area contributed by atoms with Crippen molar-refractivity contribution in [2.45, 2.75) is 44.2 Å². The lowest BCUT2D eigenvalue weighted by Gasteiger charge is -2.37. The van der Waals surface area contributed by atoms with Crippen molar-refractivity contribution in [3.8, 4) is 46.0 Å². The molecule has 0 saturated heterocycles. The van der Waals surface area contributed by atoms with Crippen molar-refractivity contribution < 1.29 is 33.2 Å². The number of carbonyl (C=O) groups excluding carboxylic acids is 1. The highest BCUT2D eigenvalue weighted by Crippen LogP contribution is 2.52. The topological polar surface area (TPSA) is 104 Å². The standard InChI is InChI=1S/C44H48N4O7S/c1-47-16-13-29-22-36(50-3)38-24-32(29)33(47)19-27-7-10-31(11-8-27)54-37-21-28(9-12-35(37)53-18-6-15-46-44(49)40-25-45-26-56-40)20-34-41-30(14-17-48(34)2)23-39(51-4)42(52-5)43(41)55-38/h7-12,21-26,33-34H,6,13-20H2,1-5H3,(H,46,49)/t33-,34?/m0/s1. The predicted molar refractivity (Wildman–Crippen MR) is 216 cm³/mol. The lowest BCUT2D eigenvalue weighted by molar-refractivity contribution is 0.0955. The van der Waals surface area contributed by atoms with Gasteiger partial charge in [-0.25, -0.2) is 0 Å². The molecule has 1 aromatic heterocycles. The van der Waals surface area contributed by atoms with Gasteiger partial charge in [0.25, 0.3) is 5.91 Å². The number of nitrogens with zero attached hydrogens (tertiary/aromatic N) is 3. The minimum atomic E-state index is -0.128. The number of hydrogen-bond donors (Lipinski definition) is 1. The van der Waals surface area contributed by atoms with Crippen LogP contribution in [0, 0.1) is 0 Å². The number of carbonyl (C=O) groups is 1. The van der Waals surface area contributed by atoms with E-state index in [0.29, 0.717) is 71.1 Å². The van der Waals surface area contributed by atoms with Gasteiger partial charge in [0.05, 0.1) is 39.6 Å². The van der Waals surface area contributed by atoms with Gasteiger partial charge in [-0.15, -0.1) is 11.3 Å². The summed E-state index contributed by atoms with van der Waals surface area (Å²) in [5.74, 6) is 5.00. The molecule has 1 unspecified atom stereocenters. The molecule has 0 saturated carbocycles. The summed E-state index contributed by atoms with van der Waals surface area (Å²) in [4.78, 5) is 21.8. The number of methoxy groups -OCH3 is 3. The van der Waals surface area contributed by atoms with Crippen LogP contribution >= 0.6 is 11.3 Å². The average Bonchev–Trinajstić information content (AvgIpc) is 3.76. The zero-order valence-electron chi connectivity index (χ0n) is 32.6. The Morgan fingerprint density at radius 1 is 0.821 bits per heavy atom. The lowest BCUT2D eigenvalue weighted by atomic mass is 9.87. The summed E-state index contributed by atoms with van der Waals surface area (Å²) in [6.07, 6.45) is 5.43. The molecule has 56 heavy (non-hydrogen) atoms. The molecule has 9 rings (SSSR count). The van der Waals surface area contributed by atoms with Crippen LogP contribution in [0.3, 0.4) is 0 Å². The van der Waals surface area contributed by atoms with Gasteiger partial charge in [-0.05, 0) is 116 Å². The minimum absolute atomic E-state index is 0.0593. The van der Waals surface area contributed by atoms with Gasteiger partial charge < -0.3 is 33.7 Å². The van der Waals surface area contributed by atoms with Gasteiger partial charge >= 0.3 is 0 Å². The minimum Gasteiger partial charge on any atom is -0.493 e. The fourth-order valence-corrected chi connectivity index (χ4v) is 8.63. The van der Waals surface area contributed by atoms with E-state index in [4.69, 9.17) is 28.4 Å². The molecule has 5 aromatic rings. The summed E-state index contributed by atoms with van der Waals surface area (Å²) in [7, 11) is 9.37. The molecular formula is C44H48N4O7S. The molecule has 12 heteroatoms. The fraction of sp³-hybridized carbons (Fsp3) is 0.364. The van der Waals surface area contributed by atoms with Crippen molar-refractivity contribution in [2.75, 3.05) is 61.7 Å². The van der Waals surface area contributed by atoms with Crippen LogP contribution in [0.25, 0.3) is 0 Å². The molecule has 1 N–H and O–H groups in total. The van der Waals surface area contributed by atoms with Crippen LogP contribution in [0.5, 0.6) is 46.0 Å². The van der Waals surface area contributed by atoms with Crippen LogP contribution in [0.4, 0.5) is 0 Å². The summed E-state index contributed by atoms with van der Waals surface area (Å²) in [5, 5.41) is 2.95. The number of fused-ring (bicyclic) bond motifs is 2. The molecule has 4 aliphatic heterocycles. The van der Waals surface area contributed by atoms with Crippen LogP contribution < -0.4 is 33.7 Å². The number of benzene rings is 4. The fourth-order valence-electron chi connectivity index (χ4n) is 8.10. The SMILES string of the molecule is COc1cc2c3cc1Oc1c(OC)c(OC)cc4c1C(Cc1ccc(OCCCNC(=O)c5cncs5)c(c1)Oc1ccc(cc1)C[C@@H]3N(C)CC2)N(C)CC4. The summed E-state index contributed by atoms with van der Waals surface area (Å²) in [6, 6.07) is 21.0. The van der Waals surface area contributed by atoms with Gasteiger partial charge in [0.1, 0.15) is 10.6 Å². The summed E-state index contributed by atoms with van der Waals surface area (Å²) >= 11 is 1.32. The Hall–Kier alpha value is -5.30. The normalized spacial score (nSPS) is 17.7. The Balaban J connectivity index is 1.19. The molecule has 6 bridgehead atoms. The molecule has 0 spiro atoms. The Labute approximate surface area is 332 Å². The van der Waals surface area contributed by atoms with Crippen LogP contribution in [-0.2, 0) is 25.7 Å². The van der Waals surface area contributed by atoms with Gasteiger partial charge in [0.15, 0.2) is 34.5 Å². The third-order valence-electron chi connectivity index (χ3n) is 11.1. The first kappa shape index (κ1) is 37.6. The van der Waals surface area contributed by atoms with E-state index < -0.39 is 0 Å². The third kappa shape index (κ3) is 7.61. The molecule has 0 radical (unpaired) electrons. The Kier molecular flexibility index (Phi) is 11.0. The van der Waals surface area contributed by atoms with Gasteiger partial charge in [-0.1, -0.05) is 18.2 Å². The number of amides is 1. The number of nitrogens with one attached hydrogen (secondary N) is 1. The second-order valence-corrected chi connectivity index (χ2v) is 15.5. The molecule has 2 atom stereocenters. The van der Waals surface area contributed by atoms with E-state index in [1.165, 1.54) is 28.0 Å². The van der Waals surface area contributed by atoms with Gasteiger partial charge in [0.2, 0.25) is 5.75 Å². The number of hydrogen-bond acceptors (Lipinski definition) is 11. The number of ether oxygens (including phenoxy) is 6. The van der Waals surface area contributed by atoms with Gasteiger partial charge in [-0.2, -0.15) is 0 Å². The van der Waals surface area contributed by atoms with E-state index in [1.807, 2.05) is 18.2 Å². The van der Waals surface area contributed by atoms with E-state index in [-0.39, 0.29) is 18.0 Å². The van der Waals surface area contributed by atoms with Crippen molar-refractivity contribution in [1.29, 1.82) is 0 Å². The lowest BCUT2D eigenvalue weighted by Crippen LogP contribution is -2.34. The largest absolute Gasteiger partial charge is 0.493 e. The molecule has 5 heterocycles. The zero-order chi connectivity index (χ0) is 38.8. The monoisotopic (exact) mass is 776 g/mol. The molecule has 0 aliphatic carbocycles. The summed E-state index contributed by atoms with van der Waals surface area (Å²) in [5.41, 5.74) is 8.62. The Bertz CT molecular complexity index is 2190. The Morgan fingerprint density at radius 3 is 2.29 bits per heavy atom. The van der Waals surface area contributed by atoms with Gasteiger partial charge in [-0.3, -0.25) is 19.6 Å². The van der Waals surface area contributed by atoms with Crippen LogP contribution in [0.1, 0.15) is 61.6 Å². The molecule has 11 nitrogen and oxygen atoms in total. The molecule has 0 fully saturated rings. The second-order valence-electron chi connectivity index (χ2n) is 14.6. The highest BCUT2D eigenvalue weighted by molar-refractivity contribution is 7.11. The number of rotatable bonds is 9. The molecule has 292 valence electrons. The summed E-state index contributed by atoms with van der Waals surface area (Å²) in [6.45, 7) is 2.68. The first-order chi connectivity index (χ1) is 27.3. The smallest absolute Gasteiger partial charge is 0.262 e. The average molecular weight is 777 g/mol. The van der Waals surface area contributed by atoms with Crippen molar-refractivity contribution >= 4 is 17.2 Å². The van der Waals surface area contributed by atoms with E-state index in [0.717, 1.165) is 54.8 Å². The third-order valence-corrected chi connectivity index (χ3v) is 11.9. The number of thiazole rings is 1. The van der Waals surface area contributed by atoms with E-state index in [9.17, 15) is 4.79 Å². The highest BCUT2D eigenvalue weighted by Gasteiger charge is 2.35. The van der Waals surface area contributed by atoms with Crippen LogP contribution in [0.2, 0.25) is 0 Å². The van der Waals surface area contributed by atoms with Crippen LogP contribution in [0.15, 0.2) is 72.4 Å². The molecular weight excluding hydrogens is 729 g/mol. The molecule has 1 amide bonds. The maximum Gasteiger partial charge on any atom is 0.262 e. The van der Waals surface area contributed by atoms with Crippen molar-refractivity contribution in [3.05, 3.63) is 111 Å². The first-order valence-electron chi connectivity index (χ1n) is 19.1. The van der Waals surface area contributed by atoms with Crippen molar-refractivity contribution in [2.24, 2.45) is 0 Å². The first-order valence-corrected chi connectivity index (χ1v) is 20.0. The van der Waals surface area contributed by atoms with Crippen molar-refractivity contribution in [3.63, 3.8) is 0 Å². The molecule has 4 aromatic carbocycles. The zero-order valence-corrected chi connectivity index (χ0v) is 33.4. The Morgan fingerprint density at radius 2 is 1.54 bits per heavy atom. The highest BCUT2D eigenvalue weighted by atomic mass is 32.1. The van der Waals surface area contributed by atoms with Crippen molar-refractivity contribution in [1.82, 2.24) is 20.1 Å². The van der Waals surface area contributed by atoms with E-state index in [1.54, 1.807) is 33.0 Å².